The van der Waals surface area contributed by atoms with Crippen LogP contribution in [0.4, 0.5) is 0 Å². The third kappa shape index (κ3) is 8.52. The number of hydrogen-bond acceptors (Lipinski definition) is 2. The highest BCUT2D eigenvalue weighted by molar-refractivity contribution is 4.53. The first-order valence-corrected chi connectivity index (χ1v) is 6.33. The lowest BCUT2D eigenvalue weighted by Gasteiger charge is -2.22. The summed E-state index contributed by atoms with van der Waals surface area (Å²) in [6, 6.07) is 0. The second-order valence-electron chi connectivity index (χ2n) is 3.96. The Morgan fingerprint density at radius 2 is 1.29 bits per heavy atom. The highest BCUT2D eigenvalue weighted by Gasteiger charge is 2.01. The topological polar surface area (TPSA) is 15.3 Å². The number of nitrogens with one attached hydrogen (secondary N) is 1. The molecule has 0 saturated heterocycles. The van der Waals surface area contributed by atoms with Crippen LogP contribution in [0.3, 0.4) is 0 Å². The Hall–Kier alpha value is -0.0800. The molecule has 2 nitrogen and oxygen atoms in total. The van der Waals surface area contributed by atoms with Gasteiger partial charge in [0.25, 0.3) is 0 Å². The van der Waals surface area contributed by atoms with E-state index in [1.807, 2.05) is 0 Å². The van der Waals surface area contributed by atoms with Gasteiger partial charge >= 0.3 is 0 Å². The summed E-state index contributed by atoms with van der Waals surface area (Å²) in [6.45, 7) is 10.3. The van der Waals surface area contributed by atoms with E-state index >= 15 is 0 Å². The van der Waals surface area contributed by atoms with E-state index < -0.39 is 0 Å². The molecule has 0 aliphatic rings. The van der Waals surface area contributed by atoms with Gasteiger partial charge < -0.3 is 0 Å². The van der Waals surface area contributed by atoms with Gasteiger partial charge in [0.1, 0.15) is 0 Å². The summed E-state index contributed by atoms with van der Waals surface area (Å²) in [5.74, 6) is 0. The molecule has 0 aromatic rings. The first-order valence-electron chi connectivity index (χ1n) is 6.33. The fraction of sp³-hybridized carbons (Fsp3) is 1.00. The van der Waals surface area contributed by atoms with E-state index in [-0.39, 0.29) is 0 Å². The Morgan fingerprint density at radius 3 is 1.71 bits per heavy atom. The van der Waals surface area contributed by atoms with Crippen LogP contribution in [-0.2, 0) is 0 Å². The van der Waals surface area contributed by atoms with Crippen LogP contribution in [0.2, 0.25) is 0 Å². The molecule has 0 rings (SSSR count). The van der Waals surface area contributed by atoms with Crippen molar-refractivity contribution in [1.29, 1.82) is 0 Å². The van der Waals surface area contributed by atoms with Crippen molar-refractivity contribution < 1.29 is 0 Å². The molecule has 0 spiro atoms. The molecule has 0 atom stereocenters. The zero-order valence-electron chi connectivity index (χ0n) is 10.3. The molecule has 2 heteroatoms. The first kappa shape index (κ1) is 13.9. The second kappa shape index (κ2) is 11.0. The average molecular weight is 200 g/mol. The molecule has 0 heterocycles. The van der Waals surface area contributed by atoms with Crippen molar-refractivity contribution in [3.05, 3.63) is 0 Å². The standard InChI is InChI=1S/C12H28N2/c1-4-7-10-13-14(11-8-5-2)12-9-6-3/h13H,4-12H2,1-3H3. The highest BCUT2D eigenvalue weighted by Crippen LogP contribution is 1.96. The molecule has 14 heavy (non-hydrogen) atoms. The van der Waals surface area contributed by atoms with Crippen molar-refractivity contribution >= 4 is 0 Å². The van der Waals surface area contributed by atoms with E-state index in [1.54, 1.807) is 0 Å². The predicted molar refractivity (Wildman–Crippen MR) is 64.3 cm³/mol. The van der Waals surface area contributed by atoms with Crippen LogP contribution < -0.4 is 5.43 Å². The van der Waals surface area contributed by atoms with Crippen LogP contribution in [0.5, 0.6) is 0 Å². The Morgan fingerprint density at radius 1 is 0.786 bits per heavy atom. The molecular weight excluding hydrogens is 172 g/mol. The Labute approximate surface area is 90.0 Å². The molecule has 0 fully saturated rings. The van der Waals surface area contributed by atoms with Crippen molar-refractivity contribution in [2.75, 3.05) is 19.6 Å². The van der Waals surface area contributed by atoms with Crippen molar-refractivity contribution in [3.63, 3.8) is 0 Å². The normalized spacial score (nSPS) is 11.1. The molecule has 0 aromatic heterocycles. The van der Waals surface area contributed by atoms with Crippen LogP contribution in [0.25, 0.3) is 0 Å². The van der Waals surface area contributed by atoms with Gasteiger partial charge in [0.05, 0.1) is 0 Å². The summed E-state index contributed by atoms with van der Waals surface area (Å²) in [5, 5.41) is 2.41. The van der Waals surface area contributed by atoms with E-state index in [0.29, 0.717) is 0 Å². The molecule has 0 amide bonds. The van der Waals surface area contributed by atoms with Crippen LogP contribution >= 0.6 is 0 Å². The first-order chi connectivity index (χ1) is 6.85. The minimum atomic E-state index is 1.14. The van der Waals surface area contributed by atoms with E-state index in [2.05, 4.69) is 31.2 Å². The van der Waals surface area contributed by atoms with Gasteiger partial charge in [-0.05, 0) is 19.3 Å². The van der Waals surface area contributed by atoms with Gasteiger partial charge in [-0.3, -0.25) is 5.43 Å². The fourth-order valence-corrected chi connectivity index (χ4v) is 1.38. The summed E-state index contributed by atoms with van der Waals surface area (Å²) in [4.78, 5) is 0. The van der Waals surface area contributed by atoms with E-state index in [4.69, 9.17) is 0 Å². The van der Waals surface area contributed by atoms with Crippen LogP contribution in [0.1, 0.15) is 59.3 Å². The zero-order valence-corrected chi connectivity index (χ0v) is 10.3. The lowest BCUT2D eigenvalue weighted by molar-refractivity contribution is 0.181. The quantitative estimate of drug-likeness (QED) is 0.430. The number of hydrogen-bond donors (Lipinski definition) is 1. The molecule has 0 bridgehead atoms. The minimum Gasteiger partial charge on any atom is -0.255 e. The smallest absolute Gasteiger partial charge is 0.0130 e. The third-order valence-electron chi connectivity index (χ3n) is 2.43. The Kier molecular flexibility index (Phi) is 10.9. The van der Waals surface area contributed by atoms with Crippen molar-refractivity contribution in [2.24, 2.45) is 0 Å². The van der Waals surface area contributed by atoms with Crippen molar-refractivity contribution in [3.8, 4) is 0 Å². The van der Waals surface area contributed by atoms with Gasteiger partial charge in [-0.25, -0.2) is 5.01 Å². The lowest BCUT2D eigenvalue weighted by Crippen LogP contribution is -2.39. The largest absolute Gasteiger partial charge is 0.255 e. The van der Waals surface area contributed by atoms with Crippen molar-refractivity contribution in [1.82, 2.24) is 10.4 Å². The fourth-order valence-electron chi connectivity index (χ4n) is 1.38. The molecule has 86 valence electrons. The number of rotatable bonds is 10. The van der Waals surface area contributed by atoms with E-state index in [1.165, 1.54) is 51.6 Å². The van der Waals surface area contributed by atoms with Gasteiger partial charge in [0.15, 0.2) is 0 Å². The lowest BCUT2D eigenvalue weighted by atomic mass is 10.3. The molecule has 0 radical (unpaired) electrons. The number of unbranched alkanes of at least 4 members (excludes halogenated alkanes) is 3. The zero-order chi connectivity index (χ0) is 10.6. The van der Waals surface area contributed by atoms with E-state index in [9.17, 15) is 0 Å². The summed E-state index contributed by atoms with van der Waals surface area (Å²) >= 11 is 0. The van der Waals surface area contributed by atoms with Crippen molar-refractivity contribution in [2.45, 2.75) is 59.3 Å². The molecule has 0 aliphatic carbocycles. The maximum atomic E-state index is 3.52. The maximum Gasteiger partial charge on any atom is 0.0130 e. The number of hydrazine groups is 1. The van der Waals surface area contributed by atoms with Crippen LogP contribution in [0.15, 0.2) is 0 Å². The molecular formula is C12H28N2. The Bertz CT molecular complexity index is 96.5. The monoisotopic (exact) mass is 200 g/mol. The summed E-state index contributed by atoms with van der Waals surface area (Å²) in [7, 11) is 0. The van der Waals surface area contributed by atoms with Gasteiger partial charge in [-0.1, -0.05) is 40.0 Å². The summed E-state index contributed by atoms with van der Waals surface area (Å²) < 4.78 is 0. The van der Waals surface area contributed by atoms with Gasteiger partial charge in [-0.15, -0.1) is 0 Å². The molecule has 0 aromatic carbocycles. The molecule has 0 unspecified atom stereocenters. The minimum absolute atomic E-state index is 1.14. The van der Waals surface area contributed by atoms with E-state index in [0.717, 1.165) is 6.54 Å². The highest BCUT2D eigenvalue weighted by atomic mass is 15.5. The Balaban J connectivity index is 3.49. The second-order valence-corrected chi connectivity index (χ2v) is 3.96. The van der Waals surface area contributed by atoms with Gasteiger partial charge in [0.2, 0.25) is 0 Å². The maximum absolute atomic E-state index is 3.52. The average Bonchev–Trinajstić information content (AvgIpc) is 2.21. The molecule has 0 saturated carbocycles. The molecule has 0 aliphatic heterocycles. The third-order valence-corrected chi connectivity index (χ3v) is 2.43. The van der Waals surface area contributed by atoms with Crippen LogP contribution in [0, 0.1) is 0 Å². The SMILES string of the molecule is CCCCNN(CCCC)CCCC. The molecule has 1 N–H and O–H groups in total. The van der Waals surface area contributed by atoms with Gasteiger partial charge in [-0.2, -0.15) is 0 Å². The summed E-state index contributed by atoms with van der Waals surface area (Å²) in [5.41, 5.74) is 3.52. The van der Waals surface area contributed by atoms with Crippen LogP contribution in [-0.4, -0.2) is 24.6 Å². The summed E-state index contributed by atoms with van der Waals surface area (Å²) in [6.07, 6.45) is 7.76. The van der Waals surface area contributed by atoms with Gasteiger partial charge in [0, 0.05) is 19.6 Å². The number of nitrogens with zero attached hydrogens (tertiary/aromatic N) is 1. The predicted octanol–water partition coefficient (Wildman–Crippen LogP) is 3.19.